The molecule has 22 heavy (non-hydrogen) atoms. The van der Waals surface area contributed by atoms with Gasteiger partial charge in [-0.1, -0.05) is 30.1 Å². The van der Waals surface area contributed by atoms with Gasteiger partial charge in [0.25, 0.3) is 0 Å². The fraction of sp³-hybridized carbons (Fsp3) is 0.250. The number of hydrogen-bond acceptors (Lipinski definition) is 4. The molecule has 3 nitrogen and oxygen atoms in total. The highest BCUT2D eigenvalue weighted by molar-refractivity contribution is 7.18. The normalized spacial score (nSPS) is 11.1. The molecule has 0 atom stereocenters. The highest BCUT2D eigenvalue weighted by Gasteiger charge is 2.15. The molecule has 0 spiro atoms. The van der Waals surface area contributed by atoms with Gasteiger partial charge in [-0.25, -0.2) is 9.97 Å². The molecular formula is C16H15Cl2N3S. The Morgan fingerprint density at radius 2 is 1.95 bits per heavy atom. The van der Waals surface area contributed by atoms with Crippen molar-refractivity contribution in [1.82, 2.24) is 9.97 Å². The lowest BCUT2D eigenvalue weighted by atomic mass is 10.2. The van der Waals surface area contributed by atoms with E-state index in [9.17, 15) is 0 Å². The molecule has 1 N–H and O–H groups in total. The summed E-state index contributed by atoms with van der Waals surface area (Å²) in [6, 6.07) is 5.38. The maximum atomic E-state index is 6.26. The minimum absolute atomic E-state index is 0.571. The quantitative estimate of drug-likeness (QED) is 0.636. The molecule has 1 aromatic carbocycles. The first-order valence-corrected chi connectivity index (χ1v) is 8.55. The van der Waals surface area contributed by atoms with Gasteiger partial charge in [-0.05, 0) is 37.6 Å². The summed E-state index contributed by atoms with van der Waals surface area (Å²) in [7, 11) is 0. The number of anilines is 2. The number of thiophene rings is 1. The predicted molar refractivity (Wildman–Crippen MR) is 96.0 cm³/mol. The lowest BCUT2D eigenvalue weighted by molar-refractivity contribution is 0.967. The summed E-state index contributed by atoms with van der Waals surface area (Å²) in [6.45, 7) is 6.25. The van der Waals surface area contributed by atoms with E-state index >= 15 is 0 Å². The topological polar surface area (TPSA) is 37.8 Å². The summed E-state index contributed by atoms with van der Waals surface area (Å²) in [4.78, 5) is 11.5. The number of nitrogens with zero attached hydrogens (tertiary/aromatic N) is 2. The number of aromatic nitrogens is 2. The summed E-state index contributed by atoms with van der Waals surface area (Å²) in [6.07, 6.45) is 0.787. The molecule has 114 valence electrons. The second-order valence-electron chi connectivity index (χ2n) is 5.05. The van der Waals surface area contributed by atoms with Crippen LogP contribution in [0, 0.1) is 13.8 Å². The summed E-state index contributed by atoms with van der Waals surface area (Å²) in [5.41, 5.74) is 1.99. The van der Waals surface area contributed by atoms with Crippen LogP contribution in [-0.2, 0) is 6.42 Å². The smallest absolute Gasteiger partial charge is 0.143 e. The molecule has 2 aromatic heterocycles. The molecule has 0 aliphatic rings. The van der Waals surface area contributed by atoms with E-state index < -0.39 is 0 Å². The monoisotopic (exact) mass is 351 g/mol. The summed E-state index contributed by atoms with van der Waals surface area (Å²) in [5, 5.41) is 5.58. The minimum atomic E-state index is 0.571. The van der Waals surface area contributed by atoms with Crippen molar-refractivity contribution < 1.29 is 0 Å². The molecule has 0 aliphatic heterocycles. The summed E-state index contributed by atoms with van der Waals surface area (Å²) < 4.78 is 0. The van der Waals surface area contributed by atoms with Gasteiger partial charge in [0.15, 0.2) is 0 Å². The van der Waals surface area contributed by atoms with E-state index in [1.54, 1.807) is 23.5 Å². The zero-order valence-corrected chi connectivity index (χ0v) is 14.8. The molecule has 0 fully saturated rings. The average molecular weight is 352 g/mol. The molecule has 3 rings (SSSR count). The second kappa shape index (κ2) is 6.03. The molecule has 0 bridgehead atoms. The Labute approximate surface area is 143 Å². The zero-order chi connectivity index (χ0) is 15.9. The first kappa shape index (κ1) is 15.5. The molecule has 0 aliphatic carbocycles. The number of rotatable bonds is 3. The lowest BCUT2D eigenvalue weighted by Gasteiger charge is -2.11. The van der Waals surface area contributed by atoms with Crippen molar-refractivity contribution in [2.24, 2.45) is 0 Å². The standard InChI is InChI=1S/C16H15Cl2N3S/c1-4-13-20-15(14-8(2)9(3)22-16(14)21-13)19-12-6-5-10(17)7-11(12)18/h5-7H,4H2,1-3H3,(H,19,20,21). The highest BCUT2D eigenvalue weighted by Crippen LogP contribution is 2.36. The van der Waals surface area contributed by atoms with E-state index in [0.29, 0.717) is 10.0 Å². The zero-order valence-electron chi connectivity index (χ0n) is 12.5. The van der Waals surface area contributed by atoms with Gasteiger partial charge in [-0.15, -0.1) is 11.3 Å². The molecule has 0 amide bonds. The molecule has 0 saturated carbocycles. The van der Waals surface area contributed by atoms with Crippen molar-refractivity contribution in [3.05, 3.63) is 44.5 Å². The molecular weight excluding hydrogens is 337 g/mol. The minimum Gasteiger partial charge on any atom is -0.338 e. The third kappa shape index (κ3) is 2.78. The van der Waals surface area contributed by atoms with Gasteiger partial charge in [0.1, 0.15) is 16.5 Å². The molecule has 0 radical (unpaired) electrons. The van der Waals surface area contributed by atoms with Gasteiger partial charge in [-0.2, -0.15) is 0 Å². The van der Waals surface area contributed by atoms with Crippen LogP contribution in [0.15, 0.2) is 18.2 Å². The van der Waals surface area contributed by atoms with Crippen LogP contribution in [0.3, 0.4) is 0 Å². The highest BCUT2D eigenvalue weighted by atomic mass is 35.5. The Kier molecular flexibility index (Phi) is 4.26. The van der Waals surface area contributed by atoms with Crippen LogP contribution in [0.5, 0.6) is 0 Å². The summed E-state index contributed by atoms with van der Waals surface area (Å²) in [5.74, 6) is 1.62. The first-order chi connectivity index (χ1) is 10.5. The second-order valence-corrected chi connectivity index (χ2v) is 7.10. The van der Waals surface area contributed by atoms with Gasteiger partial charge < -0.3 is 5.32 Å². The van der Waals surface area contributed by atoms with Crippen LogP contribution >= 0.6 is 34.5 Å². The number of benzene rings is 1. The van der Waals surface area contributed by atoms with E-state index in [1.807, 2.05) is 13.0 Å². The maximum absolute atomic E-state index is 6.26. The molecule has 3 aromatic rings. The third-order valence-corrected chi connectivity index (χ3v) is 5.22. The first-order valence-electron chi connectivity index (χ1n) is 6.98. The van der Waals surface area contributed by atoms with Crippen molar-refractivity contribution in [3.63, 3.8) is 0 Å². The number of halogens is 2. The number of nitrogens with one attached hydrogen (secondary N) is 1. The van der Waals surface area contributed by atoms with Crippen molar-refractivity contribution in [2.45, 2.75) is 27.2 Å². The van der Waals surface area contributed by atoms with Crippen LogP contribution in [0.2, 0.25) is 10.0 Å². The van der Waals surface area contributed by atoms with E-state index in [-0.39, 0.29) is 0 Å². The van der Waals surface area contributed by atoms with Gasteiger partial charge >= 0.3 is 0 Å². The Morgan fingerprint density at radius 3 is 2.64 bits per heavy atom. The largest absolute Gasteiger partial charge is 0.338 e. The van der Waals surface area contributed by atoms with Crippen molar-refractivity contribution in [1.29, 1.82) is 0 Å². The fourth-order valence-electron chi connectivity index (χ4n) is 2.26. The Morgan fingerprint density at radius 1 is 1.18 bits per heavy atom. The Hall–Kier alpha value is -1.36. The molecule has 0 saturated heterocycles. The third-order valence-electron chi connectivity index (χ3n) is 3.58. The number of fused-ring (bicyclic) bond motifs is 1. The Balaban J connectivity index is 2.16. The van der Waals surface area contributed by atoms with Crippen LogP contribution in [0.1, 0.15) is 23.2 Å². The number of hydrogen-bond donors (Lipinski definition) is 1. The van der Waals surface area contributed by atoms with Gasteiger partial charge in [0.2, 0.25) is 0 Å². The van der Waals surface area contributed by atoms with Crippen molar-refractivity contribution in [2.75, 3.05) is 5.32 Å². The summed E-state index contributed by atoms with van der Waals surface area (Å²) >= 11 is 13.9. The van der Waals surface area contributed by atoms with E-state index in [2.05, 4.69) is 29.1 Å². The SMILES string of the molecule is CCc1nc(Nc2ccc(Cl)cc2Cl)c2c(C)c(C)sc2n1. The average Bonchev–Trinajstić information content (AvgIpc) is 2.77. The van der Waals surface area contributed by atoms with Gasteiger partial charge in [0.05, 0.1) is 16.1 Å². The number of aryl methyl sites for hydroxylation is 3. The molecule has 2 heterocycles. The lowest BCUT2D eigenvalue weighted by Crippen LogP contribution is -2.00. The van der Waals surface area contributed by atoms with Crippen LogP contribution in [0.4, 0.5) is 11.5 Å². The van der Waals surface area contributed by atoms with Crippen molar-refractivity contribution in [3.8, 4) is 0 Å². The van der Waals surface area contributed by atoms with Crippen molar-refractivity contribution >= 4 is 56.3 Å². The Bertz CT molecular complexity index is 858. The van der Waals surface area contributed by atoms with Gasteiger partial charge in [-0.3, -0.25) is 0 Å². The van der Waals surface area contributed by atoms with Crippen LogP contribution in [0.25, 0.3) is 10.2 Å². The van der Waals surface area contributed by atoms with E-state index in [0.717, 1.165) is 34.0 Å². The predicted octanol–water partition coefficient (Wildman–Crippen LogP) is 5.92. The molecule has 0 unspecified atom stereocenters. The fourth-order valence-corrected chi connectivity index (χ4v) is 3.76. The van der Waals surface area contributed by atoms with Crippen LogP contribution in [-0.4, -0.2) is 9.97 Å². The van der Waals surface area contributed by atoms with Crippen LogP contribution < -0.4 is 5.32 Å². The van der Waals surface area contributed by atoms with E-state index in [1.165, 1.54) is 10.4 Å². The molecule has 6 heteroatoms. The van der Waals surface area contributed by atoms with Gasteiger partial charge in [0, 0.05) is 16.3 Å². The maximum Gasteiger partial charge on any atom is 0.143 e. The van der Waals surface area contributed by atoms with E-state index in [4.69, 9.17) is 23.2 Å².